The van der Waals surface area contributed by atoms with E-state index in [1.165, 1.54) is 11.1 Å². The third kappa shape index (κ3) is 3.48. The van der Waals surface area contributed by atoms with Gasteiger partial charge in [0.1, 0.15) is 5.82 Å². The minimum absolute atomic E-state index is 0.367. The second-order valence-electron chi connectivity index (χ2n) is 7.07. The highest BCUT2D eigenvalue weighted by Crippen LogP contribution is 2.25. The van der Waals surface area contributed by atoms with Crippen molar-refractivity contribution in [1.82, 2.24) is 9.29 Å². The van der Waals surface area contributed by atoms with Gasteiger partial charge in [-0.15, -0.1) is 0 Å². The molecule has 0 amide bonds. The predicted octanol–water partition coefficient (Wildman–Crippen LogP) is 2.86. The number of sulfonamides is 1. The minimum atomic E-state index is -3.40. The van der Waals surface area contributed by atoms with Crippen molar-refractivity contribution in [2.75, 3.05) is 31.1 Å². The number of aromatic nitrogens is 1. The van der Waals surface area contributed by atoms with E-state index in [0.29, 0.717) is 18.0 Å². The normalized spacial score (nSPS) is 19.0. The molecule has 2 aromatic rings. The Labute approximate surface area is 155 Å². The monoisotopic (exact) mass is 371 g/mol. The highest BCUT2D eigenvalue weighted by molar-refractivity contribution is 7.89. The molecule has 1 fully saturated rings. The highest BCUT2D eigenvalue weighted by Gasteiger charge is 2.28. The van der Waals surface area contributed by atoms with Crippen LogP contribution in [0.3, 0.4) is 0 Å². The van der Waals surface area contributed by atoms with E-state index >= 15 is 0 Å². The molecule has 1 aromatic heterocycles. The van der Waals surface area contributed by atoms with Gasteiger partial charge in [0.25, 0.3) is 0 Å². The van der Waals surface area contributed by atoms with Crippen LogP contribution in [-0.4, -0.2) is 43.9 Å². The van der Waals surface area contributed by atoms with Gasteiger partial charge in [0.05, 0.1) is 4.90 Å². The lowest BCUT2D eigenvalue weighted by Gasteiger charge is -2.27. The van der Waals surface area contributed by atoms with Crippen LogP contribution in [0.5, 0.6) is 0 Å². The number of nitrogens with zero attached hydrogens (tertiary/aromatic N) is 3. The molecule has 0 radical (unpaired) electrons. The molecule has 4 rings (SSSR count). The van der Waals surface area contributed by atoms with Crippen LogP contribution in [0.1, 0.15) is 30.4 Å². The summed E-state index contributed by atoms with van der Waals surface area (Å²) in [4.78, 5) is 7.06. The number of pyridine rings is 1. The third-order valence-corrected chi connectivity index (χ3v) is 7.28. The van der Waals surface area contributed by atoms with Crippen LogP contribution in [0.2, 0.25) is 0 Å². The number of benzene rings is 1. The van der Waals surface area contributed by atoms with E-state index in [9.17, 15) is 8.42 Å². The summed E-state index contributed by atoms with van der Waals surface area (Å²) < 4.78 is 27.3. The Morgan fingerprint density at radius 1 is 0.846 bits per heavy atom. The Morgan fingerprint density at radius 2 is 1.58 bits per heavy atom. The Morgan fingerprint density at radius 3 is 2.35 bits per heavy atom. The molecule has 0 bridgehead atoms. The van der Waals surface area contributed by atoms with Gasteiger partial charge in [-0.25, -0.2) is 13.4 Å². The zero-order chi connectivity index (χ0) is 18.0. The fourth-order valence-electron chi connectivity index (χ4n) is 3.91. The van der Waals surface area contributed by atoms with Crippen molar-refractivity contribution in [3.05, 3.63) is 53.7 Å². The van der Waals surface area contributed by atoms with Gasteiger partial charge < -0.3 is 4.90 Å². The summed E-state index contributed by atoms with van der Waals surface area (Å²) in [5, 5.41) is 0. The summed E-state index contributed by atoms with van der Waals surface area (Å²) in [6, 6.07) is 12.0. The van der Waals surface area contributed by atoms with Crippen LogP contribution in [-0.2, 0) is 22.9 Å². The second kappa shape index (κ2) is 7.37. The van der Waals surface area contributed by atoms with Crippen LogP contribution in [0.4, 0.5) is 5.82 Å². The summed E-state index contributed by atoms with van der Waals surface area (Å²) in [6.45, 7) is 3.01. The molecule has 2 aliphatic rings. The molecular formula is C20H25N3O2S. The standard InChI is InChI=1S/C20H25N3O2S/c24-26(25,23-13-3-4-14-23)19-9-11-21-20(16-19)22-12-5-8-17-6-1-2-7-18(17)10-15-22/h1-2,6-7,9,11,16H,3-5,8,10,12-15H2. The van der Waals surface area contributed by atoms with Crippen molar-refractivity contribution < 1.29 is 8.42 Å². The van der Waals surface area contributed by atoms with E-state index < -0.39 is 10.0 Å². The molecule has 0 spiro atoms. The number of rotatable bonds is 3. The van der Waals surface area contributed by atoms with Crippen molar-refractivity contribution in [3.8, 4) is 0 Å². The maximum atomic E-state index is 12.8. The molecule has 2 aliphatic heterocycles. The zero-order valence-electron chi connectivity index (χ0n) is 15.0. The Kier molecular flexibility index (Phi) is 4.96. The van der Waals surface area contributed by atoms with Crippen LogP contribution in [0, 0.1) is 0 Å². The van der Waals surface area contributed by atoms with E-state index in [1.807, 2.05) is 0 Å². The van der Waals surface area contributed by atoms with Crippen molar-refractivity contribution in [1.29, 1.82) is 0 Å². The quantitative estimate of drug-likeness (QED) is 0.833. The Bertz CT molecular complexity index is 876. The third-order valence-electron chi connectivity index (χ3n) is 5.39. The first-order valence-electron chi connectivity index (χ1n) is 9.42. The Hall–Kier alpha value is -1.92. The minimum Gasteiger partial charge on any atom is -0.356 e. The van der Waals surface area contributed by atoms with Gasteiger partial charge in [0.2, 0.25) is 10.0 Å². The maximum absolute atomic E-state index is 12.8. The van der Waals surface area contributed by atoms with Gasteiger partial charge in [0.15, 0.2) is 0 Å². The molecule has 3 heterocycles. The van der Waals surface area contributed by atoms with E-state index in [-0.39, 0.29) is 0 Å². The van der Waals surface area contributed by atoms with Crippen molar-refractivity contribution in [3.63, 3.8) is 0 Å². The average Bonchev–Trinajstić information content (AvgIpc) is 3.18. The number of anilines is 1. The predicted molar refractivity (Wildman–Crippen MR) is 103 cm³/mol. The topological polar surface area (TPSA) is 53.5 Å². The zero-order valence-corrected chi connectivity index (χ0v) is 15.8. The van der Waals surface area contributed by atoms with Crippen LogP contribution < -0.4 is 4.90 Å². The lowest BCUT2D eigenvalue weighted by atomic mass is 9.98. The molecule has 0 saturated carbocycles. The molecule has 0 aliphatic carbocycles. The van der Waals surface area contributed by atoms with Gasteiger partial charge in [-0.1, -0.05) is 24.3 Å². The number of hydrogen-bond donors (Lipinski definition) is 0. The van der Waals surface area contributed by atoms with Gasteiger partial charge in [-0.3, -0.25) is 0 Å². The van der Waals surface area contributed by atoms with E-state index in [0.717, 1.165) is 51.0 Å². The SMILES string of the molecule is O=S(=O)(c1ccnc(N2CCCc3ccccc3CC2)c1)N1CCCC1. The summed E-state index contributed by atoms with van der Waals surface area (Å²) in [5.41, 5.74) is 2.82. The first-order valence-corrected chi connectivity index (χ1v) is 10.9. The number of aryl methyl sites for hydroxylation is 1. The molecule has 5 nitrogen and oxygen atoms in total. The summed E-state index contributed by atoms with van der Waals surface area (Å²) in [7, 11) is -3.40. The molecule has 0 unspecified atom stereocenters. The van der Waals surface area contributed by atoms with E-state index in [4.69, 9.17) is 0 Å². The lowest BCUT2D eigenvalue weighted by molar-refractivity contribution is 0.477. The molecule has 1 aromatic carbocycles. The smallest absolute Gasteiger partial charge is 0.243 e. The van der Waals surface area contributed by atoms with Gasteiger partial charge >= 0.3 is 0 Å². The molecule has 0 N–H and O–H groups in total. The molecule has 26 heavy (non-hydrogen) atoms. The second-order valence-corrected chi connectivity index (χ2v) is 9.01. The van der Waals surface area contributed by atoms with Crippen molar-refractivity contribution >= 4 is 15.8 Å². The largest absolute Gasteiger partial charge is 0.356 e. The molecular weight excluding hydrogens is 346 g/mol. The van der Waals surface area contributed by atoms with E-state index in [2.05, 4.69) is 34.1 Å². The molecule has 138 valence electrons. The lowest BCUT2D eigenvalue weighted by Crippen LogP contribution is -2.31. The van der Waals surface area contributed by atoms with Crippen molar-refractivity contribution in [2.45, 2.75) is 37.0 Å². The fourth-order valence-corrected chi connectivity index (χ4v) is 5.44. The van der Waals surface area contributed by atoms with E-state index in [1.54, 1.807) is 22.6 Å². The van der Waals surface area contributed by atoms with Crippen molar-refractivity contribution in [2.24, 2.45) is 0 Å². The van der Waals surface area contributed by atoms with Crippen LogP contribution in [0.25, 0.3) is 0 Å². The molecule has 6 heteroatoms. The number of fused-ring (bicyclic) bond motifs is 1. The molecule has 1 saturated heterocycles. The summed E-state index contributed by atoms with van der Waals surface area (Å²) >= 11 is 0. The number of hydrogen-bond acceptors (Lipinski definition) is 4. The highest BCUT2D eigenvalue weighted by atomic mass is 32.2. The summed E-state index contributed by atoms with van der Waals surface area (Å²) in [6.07, 6.45) is 6.58. The Balaban J connectivity index is 1.57. The first kappa shape index (κ1) is 17.5. The van der Waals surface area contributed by atoms with Crippen LogP contribution >= 0.6 is 0 Å². The first-order chi connectivity index (χ1) is 12.6. The van der Waals surface area contributed by atoms with Crippen LogP contribution in [0.15, 0.2) is 47.5 Å². The van der Waals surface area contributed by atoms with Gasteiger partial charge in [-0.05, 0) is 49.3 Å². The van der Waals surface area contributed by atoms with Gasteiger partial charge in [0, 0.05) is 38.4 Å². The average molecular weight is 372 g/mol. The van der Waals surface area contributed by atoms with Gasteiger partial charge in [-0.2, -0.15) is 4.31 Å². The fraction of sp³-hybridized carbons (Fsp3) is 0.450. The molecule has 0 atom stereocenters. The maximum Gasteiger partial charge on any atom is 0.243 e. The summed E-state index contributed by atoms with van der Waals surface area (Å²) in [5.74, 6) is 0.768.